The fourth-order valence-corrected chi connectivity index (χ4v) is 3.37. The molecule has 4 heterocycles. The number of amides is 1. The molecular formula is C16H18N6O2. The molecule has 0 saturated heterocycles. The van der Waals surface area contributed by atoms with Gasteiger partial charge in [-0.15, -0.1) is 0 Å². The lowest BCUT2D eigenvalue weighted by atomic mass is 10.1. The van der Waals surface area contributed by atoms with E-state index in [0.717, 1.165) is 16.8 Å². The molecular weight excluding hydrogens is 308 g/mol. The first-order chi connectivity index (χ1) is 11.4. The molecule has 0 bridgehead atoms. The van der Waals surface area contributed by atoms with Gasteiger partial charge in [0, 0.05) is 18.7 Å². The Bertz CT molecular complexity index is 931. The number of carbonyl (C=O) groups is 1. The van der Waals surface area contributed by atoms with Gasteiger partial charge in [-0.2, -0.15) is 0 Å². The lowest BCUT2D eigenvalue weighted by molar-refractivity contribution is 0.0934. The molecule has 0 radical (unpaired) electrons. The van der Waals surface area contributed by atoms with Crippen LogP contribution in [0.3, 0.4) is 0 Å². The van der Waals surface area contributed by atoms with E-state index in [0.29, 0.717) is 30.3 Å². The topological polar surface area (TPSA) is 101 Å². The fraction of sp³-hybridized carbons (Fsp3) is 0.375. The number of carbonyl (C=O) groups excluding carboxylic acids is 1. The number of hydrogen-bond acceptors (Lipinski definition) is 6. The summed E-state index contributed by atoms with van der Waals surface area (Å²) < 4.78 is 1.51. The van der Waals surface area contributed by atoms with E-state index < -0.39 is 5.66 Å². The minimum atomic E-state index is -0.763. The predicted molar refractivity (Wildman–Crippen MR) is 88.1 cm³/mol. The number of rotatable bonds is 2. The molecule has 124 valence electrons. The van der Waals surface area contributed by atoms with Crippen molar-refractivity contribution >= 4 is 17.4 Å². The average molecular weight is 326 g/mol. The first-order valence-corrected chi connectivity index (χ1v) is 7.78. The van der Waals surface area contributed by atoms with Crippen molar-refractivity contribution in [2.75, 3.05) is 5.32 Å². The number of hydrogen-bond donors (Lipinski definition) is 3. The van der Waals surface area contributed by atoms with Crippen LogP contribution in [0, 0.1) is 6.92 Å². The van der Waals surface area contributed by atoms with Crippen molar-refractivity contribution in [1.82, 2.24) is 25.2 Å². The maximum atomic E-state index is 12.9. The Morgan fingerprint density at radius 2 is 2.04 bits per heavy atom. The van der Waals surface area contributed by atoms with Gasteiger partial charge in [-0.3, -0.25) is 14.2 Å². The van der Waals surface area contributed by atoms with Gasteiger partial charge < -0.3 is 16.0 Å². The number of anilines is 2. The average Bonchev–Trinajstić information content (AvgIpc) is 3.07. The molecule has 0 unspecified atom stereocenters. The van der Waals surface area contributed by atoms with Gasteiger partial charge in [-0.1, -0.05) is 0 Å². The van der Waals surface area contributed by atoms with E-state index in [2.05, 4.69) is 25.9 Å². The molecule has 2 aliphatic heterocycles. The summed E-state index contributed by atoms with van der Waals surface area (Å²) in [6.07, 6.45) is 1.49. The van der Waals surface area contributed by atoms with Gasteiger partial charge in [-0.05, 0) is 32.4 Å². The molecule has 2 aromatic rings. The van der Waals surface area contributed by atoms with Crippen LogP contribution in [-0.2, 0) is 18.8 Å². The first-order valence-electron chi connectivity index (χ1n) is 7.78. The molecule has 0 spiro atoms. The van der Waals surface area contributed by atoms with Crippen LogP contribution in [-0.4, -0.2) is 20.4 Å². The van der Waals surface area contributed by atoms with Gasteiger partial charge >= 0.3 is 0 Å². The maximum absolute atomic E-state index is 12.9. The molecule has 2 aliphatic rings. The van der Waals surface area contributed by atoms with Crippen molar-refractivity contribution in [3.05, 3.63) is 45.3 Å². The Hall–Kier alpha value is -2.74. The van der Waals surface area contributed by atoms with Crippen molar-refractivity contribution in [3.8, 4) is 0 Å². The Balaban J connectivity index is 1.85. The van der Waals surface area contributed by atoms with Gasteiger partial charge in [0.05, 0.1) is 5.69 Å². The van der Waals surface area contributed by atoms with E-state index in [-0.39, 0.29) is 11.5 Å². The van der Waals surface area contributed by atoms with Gasteiger partial charge in [0.2, 0.25) is 0 Å². The number of pyridine rings is 1. The smallest absolute Gasteiger partial charge is 0.276 e. The summed E-state index contributed by atoms with van der Waals surface area (Å²) in [4.78, 5) is 33.6. The van der Waals surface area contributed by atoms with Crippen LogP contribution in [0.2, 0.25) is 0 Å². The lowest BCUT2D eigenvalue weighted by Crippen LogP contribution is -2.42. The van der Waals surface area contributed by atoms with E-state index in [9.17, 15) is 9.59 Å². The molecule has 4 rings (SSSR count). The van der Waals surface area contributed by atoms with E-state index in [1.165, 1.54) is 10.9 Å². The molecule has 8 heteroatoms. The van der Waals surface area contributed by atoms with Crippen molar-refractivity contribution in [2.45, 2.75) is 39.5 Å². The standard InChI is InChI=1S/C16H18N6O2/c1-8-4-10(15(24)22-12(8)14(23)21-16(22,2)3)20-13-9-5-17-6-11(9)18-7-19-13/h4,7,17H,5-6H2,1-3H3,(H,21,23)(H,18,19,20). The van der Waals surface area contributed by atoms with Crippen LogP contribution >= 0.6 is 0 Å². The summed E-state index contributed by atoms with van der Waals surface area (Å²) in [7, 11) is 0. The molecule has 0 aliphatic carbocycles. The highest BCUT2D eigenvalue weighted by atomic mass is 16.2. The highest BCUT2D eigenvalue weighted by Gasteiger charge is 2.37. The van der Waals surface area contributed by atoms with Crippen LogP contribution in [0.15, 0.2) is 17.2 Å². The molecule has 0 fully saturated rings. The third kappa shape index (κ3) is 2.03. The zero-order valence-electron chi connectivity index (χ0n) is 13.7. The van der Waals surface area contributed by atoms with E-state index in [1.54, 1.807) is 19.9 Å². The van der Waals surface area contributed by atoms with E-state index in [1.807, 2.05) is 6.92 Å². The molecule has 3 N–H and O–H groups in total. The number of nitrogens with one attached hydrogen (secondary N) is 3. The number of aromatic nitrogens is 3. The molecule has 8 nitrogen and oxygen atoms in total. The van der Waals surface area contributed by atoms with Gasteiger partial charge in [0.25, 0.3) is 11.5 Å². The predicted octanol–water partition coefficient (Wildman–Crippen LogP) is 0.730. The van der Waals surface area contributed by atoms with Crippen LogP contribution in [0.4, 0.5) is 11.5 Å². The Morgan fingerprint density at radius 1 is 1.25 bits per heavy atom. The Labute approximate surface area is 138 Å². The molecule has 1 amide bonds. The Morgan fingerprint density at radius 3 is 2.83 bits per heavy atom. The third-order valence-electron chi connectivity index (χ3n) is 4.47. The number of fused-ring (bicyclic) bond motifs is 2. The van der Waals surface area contributed by atoms with Crippen LogP contribution < -0.4 is 21.5 Å². The van der Waals surface area contributed by atoms with Crippen LogP contribution in [0.25, 0.3) is 0 Å². The van der Waals surface area contributed by atoms with E-state index in [4.69, 9.17) is 0 Å². The molecule has 0 atom stereocenters. The summed E-state index contributed by atoms with van der Waals surface area (Å²) >= 11 is 0. The second kappa shape index (κ2) is 4.88. The zero-order chi connectivity index (χ0) is 17.1. The SMILES string of the molecule is Cc1cc(Nc2ncnc3c2CNC3)c(=O)n2c1C(=O)NC2(C)C. The Kier molecular flexibility index (Phi) is 3.01. The summed E-state index contributed by atoms with van der Waals surface area (Å²) in [5.41, 5.74) is 2.43. The zero-order valence-corrected chi connectivity index (χ0v) is 13.7. The summed E-state index contributed by atoms with van der Waals surface area (Å²) in [5.74, 6) is 0.394. The molecule has 0 aromatic carbocycles. The lowest BCUT2D eigenvalue weighted by Gasteiger charge is -2.22. The van der Waals surface area contributed by atoms with Crippen molar-refractivity contribution in [2.24, 2.45) is 0 Å². The molecule has 0 saturated carbocycles. The van der Waals surface area contributed by atoms with Gasteiger partial charge in [0.15, 0.2) is 0 Å². The minimum Gasteiger partial charge on any atom is -0.335 e. The normalized spacial score (nSPS) is 17.4. The summed E-state index contributed by atoms with van der Waals surface area (Å²) in [6, 6.07) is 1.70. The van der Waals surface area contributed by atoms with Crippen LogP contribution in [0.1, 0.15) is 41.2 Å². The minimum absolute atomic E-state index is 0.228. The van der Waals surface area contributed by atoms with E-state index >= 15 is 0 Å². The number of aryl methyl sites for hydroxylation is 1. The summed E-state index contributed by atoms with van der Waals surface area (Å²) in [5, 5.41) is 9.19. The van der Waals surface area contributed by atoms with Crippen molar-refractivity contribution < 1.29 is 4.79 Å². The largest absolute Gasteiger partial charge is 0.335 e. The highest BCUT2D eigenvalue weighted by molar-refractivity contribution is 5.96. The maximum Gasteiger partial charge on any atom is 0.276 e. The third-order valence-corrected chi connectivity index (χ3v) is 4.47. The fourth-order valence-electron chi connectivity index (χ4n) is 3.37. The second-order valence-electron chi connectivity index (χ2n) is 6.62. The monoisotopic (exact) mass is 326 g/mol. The van der Waals surface area contributed by atoms with Gasteiger partial charge in [-0.25, -0.2) is 9.97 Å². The highest BCUT2D eigenvalue weighted by Crippen LogP contribution is 2.27. The first kappa shape index (κ1) is 14.8. The number of nitrogens with zero attached hydrogens (tertiary/aromatic N) is 3. The quantitative estimate of drug-likeness (QED) is 0.752. The van der Waals surface area contributed by atoms with Crippen molar-refractivity contribution in [3.63, 3.8) is 0 Å². The van der Waals surface area contributed by atoms with Gasteiger partial charge in [0.1, 0.15) is 29.2 Å². The molecule has 24 heavy (non-hydrogen) atoms. The second-order valence-corrected chi connectivity index (χ2v) is 6.62. The molecule has 2 aromatic heterocycles. The van der Waals surface area contributed by atoms with Crippen LogP contribution in [0.5, 0.6) is 0 Å². The summed E-state index contributed by atoms with van der Waals surface area (Å²) in [6.45, 7) is 6.79. The van der Waals surface area contributed by atoms with Crippen molar-refractivity contribution in [1.29, 1.82) is 0 Å².